The molecule has 0 saturated carbocycles. The van der Waals surface area contributed by atoms with Crippen molar-refractivity contribution in [2.75, 3.05) is 13.2 Å². The zero-order chi connectivity index (χ0) is 34.4. The van der Waals surface area contributed by atoms with Crippen LogP contribution in [0.3, 0.4) is 0 Å². The molecule has 250 valence electrons. The van der Waals surface area contributed by atoms with E-state index >= 15 is 0 Å². The maximum absolute atomic E-state index is 13.3. The minimum atomic E-state index is -1.59. The summed E-state index contributed by atoms with van der Waals surface area (Å²) in [6.07, 6.45) is -1.81. The summed E-state index contributed by atoms with van der Waals surface area (Å²) in [5, 5.41) is 14.4. The highest BCUT2D eigenvalue weighted by molar-refractivity contribution is 5.84. The van der Waals surface area contributed by atoms with E-state index in [1.807, 2.05) is 69.3 Å². The Morgan fingerprint density at radius 3 is 1.81 bits per heavy atom. The van der Waals surface area contributed by atoms with E-state index < -0.39 is 54.0 Å². The second kappa shape index (κ2) is 14.6. The zero-order valence-electron chi connectivity index (χ0n) is 27.5. The lowest BCUT2D eigenvalue weighted by Gasteiger charge is -2.23. The van der Waals surface area contributed by atoms with Gasteiger partial charge in [-0.2, -0.15) is 0 Å². The summed E-state index contributed by atoms with van der Waals surface area (Å²) in [4.78, 5) is 50.4. The second-order valence-electron chi connectivity index (χ2n) is 13.3. The van der Waals surface area contributed by atoms with Crippen molar-refractivity contribution in [2.24, 2.45) is 0 Å². The Bertz CT molecular complexity index is 1540. The molecule has 0 radical (unpaired) electrons. The summed E-state index contributed by atoms with van der Waals surface area (Å²) >= 11 is 0. The summed E-state index contributed by atoms with van der Waals surface area (Å²) in [6, 6.07) is 20.0. The van der Waals surface area contributed by atoms with Crippen LogP contribution in [0, 0.1) is 0 Å². The summed E-state index contributed by atoms with van der Waals surface area (Å²) < 4.78 is 21.9. The van der Waals surface area contributed by atoms with E-state index in [4.69, 9.17) is 18.9 Å². The number of amides is 2. The predicted octanol–water partition coefficient (Wildman–Crippen LogP) is 5.83. The molecule has 47 heavy (non-hydrogen) atoms. The third kappa shape index (κ3) is 9.96. The van der Waals surface area contributed by atoms with Crippen molar-refractivity contribution < 1.29 is 43.2 Å². The van der Waals surface area contributed by atoms with E-state index in [1.54, 1.807) is 45.0 Å². The number of carbonyl (C=O) groups excluding carboxylic acids is 3. The average molecular weight is 647 g/mol. The molecule has 1 aliphatic rings. The third-order valence-corrected chi connectivity index (χ3v) is 7.09. The van der Waals surface area contributed by atoms with Crippen molar-refractivity contribution in [2.45, 2.75) is 77.2 Å². The van der Waals surface area contributed by atoms with Gasteiger partial charge in [-0.15, -0.1) is 0 Å². The van der Waals surface area contributed by atoms with Crippen LogP contribution in [0.2, 0.25) is 0 Å². The molecule has 0 spiro atoms. The molecule has 0 saturated heterocycles. The number of carbonyl (C=O) groups is 4. The van der Waals surface area contributed by atoms with Crippen LogP contribution in [0.1, 0.15) is 64.2 Å². The number of ether oxygens (including phenoxy) is 4. The lowest BCUT2D eigenvalue weighted by Crippen LogP contribution is -2.48. The minimum Gasteiger partial charge on any atom is -0.488 e. The van der Waals surface area contributed by atoms with Gasteiger partial charge in [0.2, 0.25) is 0 Å². The Balaban J connectivity index is 1.46. The zero-order valence-corrected chi connectivity index (χ0v) is 27.5. The average Bonchev–Trinajstić information content (AvgIpc) is 3.30. The van der Waals surface area contributed by atoms with Crippen LogP contribution in [0.25, 0.3) is 11.1 Å². The van der Waals surface area contributed by atoms with Gasteiger partial charge in [0.05, 0.1) is 0 Å². The van der Waals surface area contributed by atoms with Crippen molar-refractivity contribution in [1.29, 1.82) is 0 Å². The normalized spacial score (nSPS) is 13.7. The maximum Gasteiger partial charge on any atom is 0.408 e. The Morgan fingerprint density at radius 2 is 1.28 bits per heavy atom. The largest absolute Gasteiger partial charge is 0.488 e. The standard InChI is InChI=1S/C36H42N2O9/c1-35(2,3)46-23-17-15-22(16-18-23)19-29(32(41)44-21-30(31(39)40)38-34(43)47-36(4,5)6)37-33(42)45-20-28-26-13-9-7-11-24(26)25-12-8-10-14-27(25)28/h7-18,28-30H,19-21H2,1-6H3,(H,37,42)(H,38,43)(H,39,40)/t29-,30-/m0/s1. The van der Waals surface area contributed by atoms with Crippen molar-refractivity contribution in [3.63, 3.8) is 0 Å². The SMILES string of the molecule is CC(C)(C)OC(=O)N[C@@H](COC(=O)[C@H](Cc1ccc(OC(C)(C)C)cc1)NC(=O)OCC1c2ccccc2-c2ccccc21)C(=O)O. The van der Waals surface area contributed by atoms with Gasteiger partial charge >= 0.3 is 24.1 Å². The number of carboxylic acids is 1. The van der Waals surface area contributed by atoms with E-state index in [9.17, 15) is 24.3 Å². The molecule has 2 atom stereocenters. The first-order chi connectivity index (χ1) is 22.1. The number of nitrogens with one attached hydrogen (secondary N) is 2. The van der Waals surface area contributed by atoms with Crippen LogP contribution in [-0.4, -0.2) is 65.7 Å². The number of rotatable bonds is 11. The number of aliphatic carboxylic acids is 1. The van der Waals surface area contributed by atoms with Gasteiger partial charge in [0, 0.05) is 12.3 Å². The number of benzene rings is 3. The quantitative estimate of drug-likeness (QED) is 0.173. The van der Waals surface area contributed by atoms with Crippen molar-refractivity contribution >= 4 is 24.1 Å². The van der Waals surface area contributed by atoms with Gasteiger partial charge in [0.15, 0.2) is 6.04 Å². The lowest BCUT2D eigenvalue weighted by molar-refractivity contribution is -0.150. The van der Waals surface area contributed by atoms with Gasteiger partial charge in [-0.3, -0.25) is 0 Å². The summed E-state index contributed by atoms with van der Waals surface area (Å²) in [5.74, 6) is -1.91. The Hall–Kier alpha value is -5.06. The smallest absolute Gasteiger partial charge is 0.408 e. The van der Waals surface area contributed by atoms with Gasteiger partial charge in [0.1, 0.15) is 36.2 Å². The van der Waals surface area contributed by atoms with Crippen molar-refractivity contribution in [3.05, 3.63) is 89.5 Å². The minimum absolute atomic E-state index is 0.00998. The monoisotopic (exact) mass is 646 g/mol. The predicted molar refractivity (Wildman–Crippen MR) is 174 cm³/mol. The van der Waals surface area contributed by atoms with E-state index in [-0.39, 0.29) is 18.9 Å². The summed E-state index contributed by atoms with van der Waals surface area (Å²) in [5.41, 5.74) is 3.62. The highest BCUT2D eigenvalue weighted by atomic mass is 16.6. The lowest BCUT2D eigenvalue weighted by atomic mass is 9.98. The van der Waals surface area contributed by atoms with Gasteiger partial charge in [-0.05, 0) is 81.5 Å². The molecule has 11 heteroatoms. The van der Waals surface area contributed by atoms with Crippen LogP contribution < -0.4 is 15.4 Å². The first kappa shape index (κ1) is 34.8. The molecule has 11 nitrogen and oxygen atoms in total. The summed E-state index contributed by atoms with van der Waals surface area (Å²) in [7, 11) is 0. The highest BCUT2D eigenvalue weighted by Gasteiger charge is 2.31. The molecule has 0 fully saturated rings. The number of alkyl carbamates (subject to hydrolysis) is 2. The Labute approximate surface area is 274 Å². The molecule has 0 heterocycles. The van der Waals surface area contributed by atoms with E-state index in [1.165, 1.54) is 0 Å². The maximum atomic E-state index is 13.3. The number of hydrogen-bond acceptors (Lipinski definition) is 8. The first-order valence-electron chi connectivity index (χ1n) is 15.4. The number of esters is 1. The van der Waals surface area contributed by atoms with E-state index in [0.29, 0.717) is 11.3 Å². The summed E-state index contributed by atoms with van der Waals surface area (Å²) in [6.45, 7) is 9.99. The Morgan fingerprint density at radius 1 is 0.723 bits per heavy atom. The van der Waals surface area contributed by atoms with E-state index in [2.05, 4.69) is 10.6 Å². The molecule has 3 N–H and O–H groups in total. The Kier molecular flexibility index (Phi) is 10.8. The highest BCUT2D eigenvalue weighted by Crippen LogP contribution is 2.44. The van der Waals surface area contributed by atoms with E-state index in [0.717, 1.165) is 22.3 Å². The molecule has 3 aromatic carbocycles. The fraction of sp³-hybridized carbons (Fsp3) is 0.389. The fourth-order valence-corrected chi connectivity index (χ4v) is 5.15. The van der Waals surface area contributed by atoms with Gasteiger partial charge in [0.25, 0.3) is 0 Å². The van der Waals surface area contributed by atoms with Crippen LogP contribution in [-0.2, 0) is 30.2 Å². The molecule has 0 unspecified atom stereocenters. The number of carboxylic acid groups (broad SMARTS) is 1. The second-order valence-corrected chi connectivity index (χ2v) is 13.3. The molecular formula is C36H42N2O9. The van der Waals surface area contributed by atoms with Crippen LogP contribution >= 0.6 is 0 Å². The molecular weight excluding hydrogens is 604 g/mol. The first-order valence-corrected chi connectivity index (χ1v) is 15.4. The molecule has 4 rings (SSSR count). The topological polar surface area (TPSA) is 149 Å². The van der Waals surface area contributed by atoms with Crippen molar-refractivity contribution in [3.8, 4) is 16.9 Å². The molecule has 2 amide bonds. The van der Waals surface area contributed by atoms with Crippen LogP contribution in [0.4, 0.5) is 9.59 Å². The molecule has 0 aromatic heterocycles. The molecule has 0 aliphatic heterocycles. The van der Waals surface area contributed by atoms with Crippen molar-refractivity contribution in [1.82, 2.24) is 10.6 Å². The van der Waals surface area contributed by atoms with Crippen LogP contribution in [0.5, 0.6) is 5.75 Å². The molecule has 0 bridgehead atoms. The van der Waals surface area contributed by atoms with Gasteiger partial charge in [-0.25, -0.2) is 19.2 Å². The number of hydrogen-bond donors (Lipinski definition) is 3. The fourth-order valence-electron chi connectivity index (χ4n) is 5.15. The van der Waals surface area contributed by atoms with Gasteiger partial charge in [-0.1, -0.05) is 60.7 Å². The molecule has 1 aliphatic carbocycles. The van der Waals surface area contributed by atoms with Gasteiger partial charge < -0.3 is 34.7 Å². The third-order valence-electron chi connectivity index (χ3n) is 7.09. The molecule has 3 aromatic rings. The number of fused-ring (bicyclic) bond motifs is 3. The van der Waals surface area contributed by atoms with Crippen LogP contribution in [0.15, 0.2) is 72.8 Å².